The van der Waals surface area contributed by atoms with Crippen LogP contribution in [-0.2, 0) is 25.6 Å². The number of benzene rings is 1. The Bertz CT molecular complexity index is 1130. The molecule has 0 fully saturated rings. The normalized spacial score (nSPS) is 10.9. The first-order chi connectivity index (χ1) is 25.4. The van der Waals surface area contributed by atoms with Gasteiger partial charge < -0.3 is 20.1 Å². The summed E-state index contributed by atoms with van der Waals surface area (Å²) in [7, 11) is 0. The smallest absolute Gasteiger partial charge is 0.339 e. The first kappa shape index (κ1) is 46.6. The number of rotatable bonds is 34. The fourth-order valence-corrected chi connectivity index (χ4v) is 6.05. The van der Waals surface area contributed by atoms with Crippen molar-refractivity contribution in [2.24, 2.45) is 0 Å². The molecule has 0 aromatic heterocycles. The SMILES string of the molecule is C=CC(=O)NCCN(CCNC(=O)C=C)Cc1ccc(C(=O)OCCCCCCCCCCCC)c(C(=O)OCCCCCCCCCCCC)c1. The average Bonchev–Trinajstić information content (AvgIpc) is 3.15. The molecule has 294 valence electrons. The Morgan fingerprint density at radius 2 is 0.962 bits per heavy atom. The van der Waals surface area contributed by atoms with Crippen molar-refractivity contribution in [3.05, 3.63) is 60.2 Å². The molecule has 2 N–H and O–H groups in total. The second kappa shape index (κ2) is 32.2. The number of hydrogen-bond donors (Lipinski definition) is 2. The standard InChI is InChI=1S/C43H71N3O6/c1-5-9-11-13-15-17-19-21-23-25-33-51-42(49)38-28-27-37(36-46(31-29-44-40(47)7-3)32-30-45-41(48)8-4)35-39(38)43(50)52-34-26-24-22-20-18-16-14-12-10-6-2/h7-8,27-28,35H,3-6,9-26,29-34,36H2,1-2H3,(H,44,47)(H,45,48). The first-order valence-corrected chi connectivity index (χ1v) is 20.4. The molecule has 0 radical (unpaired) electrons. The minimum Gasteiger partial charge on any atom is -0.462 e. The second-order valence-electron chi connectivity index (χ2n) is 13.8. The average molecular weight is 726 g/mol. The summed E-state index contributed by atoms with van der Waals surface area (Å²) >= 11 is 0. The first-order valence-electron chi connectivity index (χ1n) is 20.4. The highest BCUT2D eigenvalue weighted by Crippen LogP contribution is 2.18. The lowest BCUT2D eigenvalue weighted by Crippen LogP contribution is -2.38. The van der Waals surface area contributed by atoms with Crippen molar-refractivity contribution in [1.82, 2.24) is 15.5 Å². The van der Waals surface area contributed by atoms with Crippen molar-refractivity contribution in [2.75, 3.05) is 39.4 Å². The van der Waals surface area contributed by atoms with E-state index in [9.17, 15) is 19.2 Å². The molecule has 0 bridgehead atoms. The molecule has 0 aliphatic carbocycles. The van der Waals surface area contributed by atoms with Gasteiger partial charge in [0.25, 0.3) is 0 Å². The number of carbonyl (C=O) groups excluding carboxylic acids is 4. The lowest BCUT2D eigenvalue weighted by molar-refractivity contribution is -0.117. The zero-order chi connectivity index (χ0) is 38.1. The van der Waals surface area contributed by atoms with Crippen LogP contribution in [0, 0.1) is 0 Å². The van der Waals surface area contributed by atoms with Gasteiger partial charge in [0.2, 0.25) is 11.8 Å². The molecule has 0 spiro atoms. The van der Waals surface area contributed by atoms with E-state index < -0.39 is 11.9 Å². The fourth-order valence-electron chi connectivity index (χ4n) is 6.05. The van der Waals surface area contributed by atoms with E-state index in [4.69, 9.17) is 9.47 Å². The Hall–Kier alpha value is -3.46. The molecule has 1 aromatic carbocycles. The Morgan fingerprint density at radius 3 is 1.37 bits per heavy atom. The number of hydrogen-bond acceptors (Lipinski definition) is 7. The van der Waals surface area contributed by atoms with Gasteiger partial charge >= 0.3 is 11.9 Å². The van der Waals surface area contributed by atoms with Gasteiger partial charge in [-0.2, -0.15) is 0 Å². The van der Waals surface area contributed by atoms with E-state index in [0.29, 0.717) is 45.9 Å². The van der Waals surface area contributed by atoms with Crippen LogP contribution in [0.25, 0.3) is 0 Å². The van der Waals surface area contributed by atoms with E-state index in [1.165, 1.54) is 102 Å². The van der Waals surface area contributed by atoms with E-state index in [-0.39, 0.29) is 22.9 Å². The van der Waals surface area contributed by atoms with Crippen molar-refractivity contribution in [1.29, 1.82) is 0 Å². The Labute approximate surface area is 315 Å². The molecule has 52 heavy (non-hydrogen) atoms. The van der Waals surface area contributed by atoms with Crippen LogP contribution in [-0.4, -0.2) is 68.0 Å². The molecule has 0 unspecified atom stereocenters. The summed E-state index contributed by atoms with van der Waals surface area (Å²) in [6.07, 6.45) is 26.2. The summed E-state index contributed by atoms with van der Waals surface area (Å²) in [4.78, 5) is 52.2. The summed E-state index contributed by atoms with van der Waals surface area (Å²) < 4.78 is 11.3. The predicted octanol–water partition coefficient (Wildman–Crippen LogP) is 9.25. The van der Waals surface area contributed by atoms with Gasteiger partial charge in [0.05, 0.1) is 24.3 Å². The maximum Gasteiger partial charge on any atom is 0.339 e. The fraction of sp³-hybridized carbons (Fsp3) is 0.674. The Kier molecular flexibility index (Phi) is 28.8. The molecule has 0 saturated carbocycles. The molecule has 0 atom stereocenters. The molecule has 0 heterocycles. The number of ether oxygens (including phenoxy) is 2. The maximum absolute atomic E-state index is 13.4. The zero-order valence-electron chi connectivity index (χ0n) is 32.8. The molecule has 0 aliphatic heterocycles. The number of unbranched alkanes of at least 4 members (excludes halogenated alkanes) is 18. The predicted molar refractivity (Wildman–Crippen MR) is 212 cm³/mol. The lowest BCUT2D eigenvalue weighted by atomic mass is 10.0. The molecule has 9 heteroatoms. The van der Waals surface area contributed by atoms with Gasteiger partial charge in [-0.15, -0.1) is 0 Å². The molecule has 0 aliphatic rings. The van der Waals surface area contributed by atoms with Crippen LogP contribution in [0.15, 0.2) is 43.5 Å². The van der Waals surface area contributed by atoms with Gasteiger partial charge in [-0.1, -0.05) is 149 Å². The van der Waals surface area contributed by atoms with E-state index >= 15 is 0 Å². The number of nitrogens with one attached hydrogen (secondary N) is 2. The number of nitrogens with zero attached hydrogens (tertiary/aromatic N) is 1. The number of carbonyl (C=O) groups is 4. The van der Waals surface area contributed by atoms with E-state index in [1.54, 1.807) is 12.1 Å². The molecular formula is C43H71N3O6. The molecule has 1 aromatic rings. The Morgan fingerprint density at radius 1 is 0.577 bits per heavy atom. The Balaban J connectivity index is 2.84. The van der Waals surface area contributed by atoms with Gasteiger partial charge in [-0.05, 0) is 42.7 Å². The van der Waals surface area contributed by atoms with Gasteiger partial charge in [-0.25, -0.2) is 9.59 Å². The molecule has 1 rings (SSSR count). The minimum atomic E-state index is -0.535. The van der Waals surface area contributed by atoms with Crippen molar-refractivity contribution < 1.29 is 28.7 Å². The zero-order valence-corrected chi connectivity index (χ0v) is 32.8. The van der Waals surface area contributed by atoms with Crippen LogP contribution in [0.5, 0.6) is 0 Å². The second-order valence-corrected chi connectivity index (χ2v) is 13.8. The van der Waals surface area contributed by atoms with Gasteiger partial charge in [0.1, 0.15) is 0 Å². The molecule has 9 nitrogen and oxygen atoms in total. The van der Waals surface area contributed by atoms with Crippen molar-refractivity contribution in [3.8, 4) is 0 Å². The highest BCUT2D eigenvalue weighted by molar-refractivity contribution is 6.03. The van der Waals surface area contributed by atoms with Crippen LogP contribution in [0.4, 0.5) is 0 Å². The van der Waals surface area contributed by atoms with Crippen LogP contribution in [0.3, 0.4) is 0 Å². The third-order valence-electron chi connectivity index (χ3n) is 9.22. The van der Waals surface area contributed by atoms with Gasteiger partial charge in [0, 0.05) is 32.7 Å². The van der Waals surface area contributed by atoms with E-state index in [1.807, 2.05) is 11.0 Å². The quantitative estimate of drug-likeness (QED) is 0.0414. The third-order valence-corrected chi connectivity index (χ3v) is 9.22. The van der Waals surface area contributed by atoms with Crippen LogP contribution < -0.4 is 10.6 Å². The monoisotopic (exact) mass is 726 g/mol. The van der Waals surface area contributed by atoms with Crippen molar-refractivity contribution >= 4 is 23.8 Å². The number of amides is 2. The highest BCUT2D eigenvalue weighted by atomic mass is 16.5. The summed E-state index contributed by atoms with van der Waals surface area (Å²) in [6, 6.07) is 5.16. The molecular weight excluding hydrogens is 654 g/mol. The maximum atomic E-state index is 13.4. The van der Waals surface area contributed by atoms with E-state index in [2.05, 4.69) is 37.6 Å². The lowest BCUT2D eigenvalue weighted by Gasteiger charge is -2.23. The van der Waals surface area contributed by atoms with Crippen molar-refractivity contribution in [2.45, 2.75) is 149 Å². The summed E-state index contributed by atoms with van der Waals surface area (Å²) in [5, 5.41) is 5.55. The summed E-state index contributed by atoms with van der Waals surface area (Å²) in [5.74, 6) is -1.60. The van der Waals surface area contributed by atoms with E-state index in [0.717, 1.165) is 44.1 Å². The van der Waals surface area contributed by atoms with Crippen LogP contribution >= 0.6 is 0 Å². The molecule has 2 amide bonds. The summed E-state index contributed by atoms with van der Waals surface area (Å²) in [5.41, 5.74) is 1.19. The van der Waals surface area contributed by atoms with Crippen LogP contribution in [0.1, 0.15) is 169 Å². The van der Waals surface area contributed by atoms with Crippen molar-refractivity contribution in [3.63, 3.8) is 0 Å². The van der Waals surface area contributed by atoms with Gasteiger partial charge in [-0.3, -0.25) is 14.5 Å². The summed E-state index contributed by atoms with van der Waals surface area (Å²) in [6.45, 7) is 14.2. The minimum absolute atomic E-state index is 0.192. The molecule has 0 saturated heterocycles. The topological polar surface area (TPSA) is 114 Å². The van der Waals surface area contributed by atoms with Gasteiger partial charge in [0.15, 0.2) is 0 Å². The third kappa shape index (κ3) is 23.9. The number of esters is 2. The van der Waals surface area contributed by atoms with Crippen LogP contribution in [0.2, 0.25) is 0 Å². The largest absolute Gasteiger partial charge is 0.462 e. The highest BCUT2D eigenvalue weighted by Gasteiger charge is 2.21.